The number of halogens is 1. The number of hydrogen-bond donors (Lipinski definition) is 2. The molecular formula is C19H19ClN2O3S. The predicted molar refractivity (Wildman–Crippen MR) is 107 cm³/mol. The largest absolute Gasteiger partial charge is 0.496 e. The molecule has 2 aromatic carbocycles. The lowest BCUT2D eigenvalue weighted by Gasteiger charge is -2.15. The third kappa shape index (κ3) is 4.08. The number of aryl methyl sites for hydroxylation is 1. The summed E-state index contributed by atoms with van der Waals surface area (Å²) in [7, 11) is 3.22. The number of nitrogens with one attached hydrogen (secondary N) is 2. The Labute approximate surface area is 161 Å². The summed E-state index contributed by atoms with van der Waals surface area (Å²) in [5, 5.41) is 6.72. The van der Waals surface area contributed by atoms with E-state index in [1.54, 1.807) is 32.4 Å². The van der Waals surface area contributed by atoms with Crippen molar-refractivity contribution in [2.24, 2.45) is 0 Å². The van der Waals surface area contributed by atoms with Crippen molar-refractivity contribution in [3.63, 3.8) is 0 Å². The smallest absolute Gasteiger partial charge is 0.260 e. The van der Waals surface area contributed by atoms with Crippen molar-refractivity contribution in [2.75, 3.05) is 19.5 Å². The number of benzene rings is 2. The zero-order valence-corrected chi connectivity index (χ0v) is 16.2. The third-order valence-corrected chi connectivity index (χ3v) is 5.17. The van der Waals surface area contributed by atoms with Crippen LogP contribution in [0.1, 0.15) is 11.1 Å². The fourth-order valence-electron chi connectivity index (χ4n) is 2.58. The molecule has 7 heteroatoms. The second kappa shape index (κ2) is 7.93. The first-order valence-corrected chi connectivity index (χ1v) is 9.20. The molecule has 1 fully saturated rings. The minimum Gasteiger partial charge on any atom is -0.496 e. The quantitative estimate of drug-likeness (QED) is 0.747. The van der Waals surface area contributed by atoms with Crippen LogP contribution in [0.2, 0.25) is 5.02 Å². The Morgan fingerprint density at radius 1 is 1.15 bits per heavy atom. The van der Waals surface area contributed by atoms with Gasteiger partial charge in [-0.25, -0.2) is 0 Å². The average molecular weight is 391 g/mol. The van der Waals surface area contributed by atoms with E-state index in [1.807, 2.05) is 31.2 Å². The van der Waals surface area contributed by atoms with Gasteiger partial charge < -0.3 is 20.1 Å². The van der Waals surface area contributed by atoms with Crippen LogP contribution in [0.15, 0.2) is 41.3 Å². The van der Waals surface area contributed by atoms with E-state index in [4.69, 9.17) is 21.1 Å². The summed E-state index contributed by atoms with van der Waals surface area (Å²) in [6.45, 7) is 1.98. The first kappa shape index (κ1) is 18.5. The van der Waals surface area contributed by atoms with Crippen molar-refractivity contribution in [3.8, 4) is 11.5 Å². The van der Waals surface area contributed by atoms with Crippen LogP contribution in [0, 0.1) is 6.92 Å². The molecule has 3 rings (SSSR count). The number of amides is 1. The topological polar surface area (TPSA) is 59.6 Å². The molecule has 0 radical (unpaired) electrons. The summed E-state index contributed by atoms with van der Waals surface area (Å²) >= 11 is 7.45. The number of rotatable bonds is 5. The monoisotopic (exact) mass is 390 g/mol. The Balaban J connectivity index is 1.78. The average Bonchev–Trinajstić information content (AvgIpc) is 2.96. The number of anilines is 1. The maximum atomic E-state index is 12.3. The molecule has 1 amide bonds. The molecule has 0 spiro atoms. The summed E-state index contributed by atoms with van der Waals surface area (Å²) < 4.78 is 10.7. The SMILES string of the molecule is COc1cc(/C=C2\SC(Nc3cc(Cl)ccc3OC)NC2=O)ccc1C. The van der Waals surface area contributed by atoms with E-state index < -0.39 is 0 Å². The normalized spacial score (nSPS) is 17.9. The van der Waals surface area contributed by atoms with Crippen LogP contribution in [0.25, 0.3) is 6.08 Å². The van der Waals surface area contributed by atoms with Crippen molar-refractivity contribution >= 4 is 41.0 Å². The highest BCUT2D eigenvalue weighted by Crippen LogP contribution is 2.34. The van der Waals surface area contributed by atoms with Crippen LogP contribution >= 0.6 is 23.4 Å². The molecule has 0 aromatic heterocycles. The fraction of sp³-hybridized carbons (Fsp3) is 0.211. The van der Waals surface area contributed by atoms with Gasteiger partial charge in [-0.05, 0) is 48.4 Å². The van der Waals surface area contributed by atoms with Gasteiger partial charge in [-0.3, -0.25) is 4.79 Å². The second-order valence-electron chi connectivity index (χ2n) is 5.70. The molecule has 1 unspecified atom stereocenters. The molecule has 1 aliphatic rings. The fourth-order valence-corrected chi connectivity index (χ4v) is 3.73. The van der Waals surface area contributed by atoms with Crippen molar-refractivity contribution in [1.82, 2.24) is 5.32 Å². The summed E-state index contributed by atoms with van der Waals surface area (Å²) in [6, 6.07) is 11.1. The molecule has 1 heterocycles. The maximum absolute atomic E-state index is 12.3. The first-order chi connectivity index (χ1) is 12.5. The number of carbonyl (C=O) groups is 1. The maximum Gasteiger partial charge on any atom is 0.260 e. The van der Waals surface area contributed by atoms with E-state index in [0.29, 0.717) is 15.7 Å². The van der Waals surface area contributed by atoms with Crippen LogP contribution in [-0.4, -0.2) is 25.6 Å². The number of thioether (sulfide) groups is 1. The zero-order valence-electron chi connectivity index (χ0n) is 14.6. The molecule has 0 aliphatic carbocycles. The van der Waals surface area contributed by atoms with Gasteiger partial charge in [-0.2, -0.15) is 0 Å². The summed E-state index contributed by atoms with van der Waals surface area (Å²) in [5.74, 6) is 1.32. The second-order valence-corrected chi connectivity index (χ2v) is 7.28. The van der Waals surface area contributed by atoms with Crippen molar-refractivity contribution in [2.45, 2.75) is 12.4 Å². The number of methoxy groups -OCH3 is 2. The molecule has 1 saturated heterocycles. The van der Waals surface area contributed by atoms with Crippen molar-refractivity contribution in [1.29, 1.82) is 0 Å². The minimum absolute atomic E-state index is 0.131. The summed E-state index contributed by atoms with van der Waals surface area (Å²) in [4.78, 5) is 12.9. The highest BCUT2D eigenvalue weighted by Gasteiger charge is 2.27. The standard InChI is InChI=1S/C19H19ClN2O3S/c1-11-4-5-12(8-16(11)25-3)9-17-18(23)22-19(26-17)21-14-10-13(20)6-7-15(14)24-2/h4-10,19,21H,1-3H3,(H,22,23)/b17-9-. The molecular weight excluding hydrogens is 372 g/mol. The zero-order chi connectivity index (χ0) is 18.7. The Morgan fingerprint density at radius 3 is 2.65 bits per heavy atom. The number of hydrogen-bond acceptors (Lipinski definition) is 5. The van der Waals surface area contributed by atoms with Crippen LogP contribution in [0.4, 0.5) is 5.69 Å². The lowest BCUT2D eigenvalue weighted by molar-refractivity contribution is -0.116. The highest BCUT2D eigenvalue weighted by molar-refractivity contribution is 8.05. The van der Waals surface area contributed by atoms with Crippen LogP contribution < -0.4 is 20.1 Å². The first-order valence-electron chi connectivity index (χ1n) is 7.94. The van der Waals surface area contributed by atoms with E-state index >= 15 is 0 Å². The predicted octanol–water partition coefficient (Wildman–Crippen LogP) is 4.27. The Bertz CT molecular complexity index is 870. The van der Waals surface area contributed by atoms with Gasteiger partial charge in [0.15, 0.2) is 5.50 Å². The highest BCUT2D eigenvalue weighted by atomic mass is 35.5. The molecule has 1 atom stereocenters. The van der Waals surface area contributed by atoms with Crippen LogP contribution in [-0.2, 0) is 4.79 Å². The third-order valence-electron chi connectivity index (χ3n) is 3.91. The van der Waals surface area contributed by atoms with Crippen LogP contribution in [0.3, 0.4) is 0 Å². The van der Waals surface area contributed by atoms with Crippen LogP contribution in [0.5, 0.6) is 11.5 Å². The van der Waals surface area contributed by atoms with Gasteiger partial charge in [0.25, 0.3) is 5.91 Å². The number of carbonyl (C=O) groups excluding carboxylic acids is 1. The Hall–Kier alpha value is -2.31. The Morgan fingerprint density at radius 2 is 1.92 bits per heavy atom. The molecule has 26 heavy (non-hydrogen) atoms. The van der Waals surface area contributed by atoms with Gasteiger partial charge in [0.05, 0.1) is 24.8 Å². The van der Waals surface area contributed by atoms with E-state index in [1.165, 1.54) is 11.8 Å². The molecule has 1 aliphatic heterocycles. The van der Waals surface area contributed by atoms with Crippen molar-refractivity contribution < 1.29 is 14.3 Å². The van der Waals surface area contributed by atoms with E-state index in [0.717, 1.165) is 22.6 Å². The minimum atomic E-state index is -0.312. The molecule has 2 aromatic rings. The lowest BCUT2D eigenvalue weighted by Crippen LogP contribution is -2.31. The van der Waals surface area contributed by atoms with Gasteiger partial charge in [0.1, 0.15) is 11.5 Å². The van der Waals surface area contributed by atoms with Gasteiger partial charge in [0.2, 0.25) is 0 Å². The molecule has 0 bridgehead atoms. The summed E-state index contributed by atoms with van der Waals surface area (Å²) in [6.07, 6.45) is 1.85. The molecule has 0 saturated carbocycles. The Kier molecular flexibility index (Phi) is 5.64. The number of ether oxygens (including phenoxy) is 2. The van der Waals surface area contributed by atoms with Gasteiger partial charge >= 0.3 is 0 Å². The van der Waals surface area contributed by atoms with E-state index in [-0.39, 0.29) is 11.4 Å². The summed E-state index contributed by atoms with van der Waals surface area (Å²) in [5.41, 5.74) is 2.36. The van der Waals surface area contributed by atoms with E-state index in [9.17, 15) is 4.79 Å². The molecule has 5 nitrogen and oxygen atoms in total. The lowest BCUT2D eigenvalue weighted by atomic mass is 10.1. The molecule has 136 valence electrons. The van der Waals surface area contributed by atoms with Crippen molar-refractivity contribution in [3.05, 3.63) is 57.5 Å². The molecule has 2 N–H and O–H groups in total. The van der Waals surface area contributed by atoms with Gasteiger partial charge in [-0.1, -0.05) is 35.5 Å². The van der Waals surface area contributed by atoms with Gasteiger partial charge in [-0.15, -0.1) is 0 Å². The van der Waals surface area contributed by atoms with Gasteiger partial charge in [0, 0.05) is 5.02 Å². The van der Waals surface area contributed by atoms with E-state index in [2.05, 4.69) is 10.6 Å².